The van der Waals surface area contributed by atoms with Gasteiger partial charge >= 0.3 is 6.03 Å². The number of carbonyl (C=O) groups excluding carboxylic acids is 3. The average molecular weight is 407 g/mol. The van der Waals surface area contributed by atoms with E-state index in [1.807, 2.05) is 13.8 Å². The Morgan fingerprint density at radius 2 is 2.00 bits per heavy atom. The maximum absolute atomic E-state index is 12.6. The minimum absolute atomic E-state index is 0.203. The molecule has 1 aliphatic heterocycles. The third-order valence-electron chi connectivity index (χ3n) is 5.14. The number of nitrogens with zero attached hydrogens (tertiary/aromatic N) is 5. The smallest absolute Gasteiger partial charge is 0.326 e. The van der Waals surface area contributed by atoms with Gasteiger partial charge in [-0.1, -0.05) is 12.1 Å². The minimum atomic E-state index is -0.605. The first-order valence-electron chi connectivity index (χ1n) is 9.56. The molecule has 1 fully saturated rings. The van der Waals surface area contributed by atoms with E-state index in [-0.39, 0.29) is 18.2 Å². The molecule has 0 radical (unpaired) electrons. The Hall–Kier alpha value is -3.82. The topological polar surface area (TPSA) is 122 Å². The highest BCUT2D eigenvalue weighted by Gasteiger charge is 2.37. The van der Waals surface area contributed by atoms with E-state index in [4.69, 9.17) is 0 Å². The van der Waals surface area contributed by atoms with E-state index < -0.39 is 12.1 Å². The molecule has 2 N–H and O–H groups in total. The van der Waals surface area contributed by atoms with Crippen LogP contribution in [0.15, 0.2) is 30.6 Å². The van der Waals surface area contributed by atoms with Crippen molar-refractivity contribution in [2.24, 2.45) is 0 Å². The van der Waals surface area contributed by atoms with Crippen molar-refractivity contribution in [1.29, 1.82) is 0 Å². The molecule has 10 heteroatoms. The van der Waals surface area contributed by atoms with Crippen LogP contribution >= 0.6 is 0 Å². The van der Waals surface area contributed by atoms with Crippen molar-refractivity contribution in [3.8, 4) is 0 Å². The summed E-state index contributed by atoms with van der Waals surface area (Å²) in [5, 5.41) is 9.55. The van der Waals surface area contributed by atoms with E-state index in [1.165, 1.54) is 6.33 Å². The summed E-state index contributed by atoms with van der Waals surface area (Å²) in [6.45, 7) is 5.41. The second kappa shape index (κ2) is 7.54. The number of hydrogen-bond acceptors (Lipinski definition) is 6. The minimum Gasteiger partial charge on any atom is -0.326 e. The summed E-state index contributed by atoms with van der Waals surface area (Å²) in [7, 11) is 0. The van der Waals surface area contributed by atoms with Crippen LogP contribution in [-0.2, 0) is 16.0 Å². The molecule has 3 aromatic rings. The number of fused-ring (bicyclic) bond motifs is 1. The van der Waals surface area contributed by atoms with Crippen molar-refractivity contribution in [2.45, 2.75) is 39.7 Å². The Bertz CT molecular complexity index is 1170. The monoisotopic (exact) mass is 407 g/mol. The zero-order valence-electron chi connectivity index (χ0n) is 16.8. The van der Waals surface area contributed by atoms with Crippen LogP contribution in [-0.4, -0.2) is 43.5 Å². The number of benzene rings is 1. The van der Waals surface area contributed by atoms with Crippen molar-refractivity contribution in [3.63, 3.8) is 0 Å². The van der Waals surface area contributed by atoms with Gasteiger partial charge in [-0.2, -0.15) is 10.1 Å². The maximum atomic E-state index is 12.6. The molecule has 30 heavy (non-hydrogen) atoms. The summed E-state index contributed by atoms with van der Waals surface area (Å²) in [6.07, 6.45) is 2.11. The van der Waals surface area contributed by atoms with Crippen molar-refractivity contribution >= 4 is 35.0 Å². The van der Waals surface area contributed by atoms with Gasteiger partial charge in [0.1, 0.15) is 12.4 Å². The molecule has 4 amide bonds. The second-order valence-corrected chi connectivity index (χ2v) is 7.14. The summed E-state index contributed by atoms with van der Waals surface area (Å²) >= 11 is 0. The van der Waals surface area contributed by atoms with E-state index >= 15 is 0 Å². The summed E-state index contributed by atoms with van der Waals surface area (Å²) in [4.78, 5) is 46.7. The van der Waals surface area contributed by atoms with Crippen LogP contribution in [0.4, 0.5) is 16.2 Å². The largest absolute Gasteiger partial charge is 0.329 e. The number of anilines is 2. The Kier molecular flexibility index (Phi) is 4.90. The lowest BCUT2D eigenvalue weighted by Crippen LogP contribution is -2.32. The number of rotatable bonds is 5. The van der Waals surface area contributed by atoms with Gasteiger partial charge in [0, 0.05) is 17.8 Å². The third kappa shape index (κ3) is 3.36. The normalized spacial score (nSPS) is 16.2. The van der Waals surface area contributed by atoms with E-state index in [2.05, 4.69) is 25.7 Å². The zero-order chi connectivity index (χ0) is 21.4. The SMILES string of the molecule is Cc1nc2ncnn2c(C)c1CCC(=O)Nc1ccccc1N1C(=O)NC(C)C1=O. The van der Waals surface area contributed by atoms with Crippen LogP contribution in [0, 0.1) is 13.8 Å². The summed E-state index contributed by atoms with van der Waals surface area (Å²) in [5.74, 6) is -0.0740. The molecule has 154 valence electrons. The number of nitrogens with one attached hydrogen (secondary N) is 2. The second-order valence-electron chi connectivity index (χ2n) is 7.14. The fraction of sp³-hybridized carbons (Fsp3) is 0.300. The highest BCUT2D eigenvalue weighted by molar-refractivity contribution is 6.23. The van der Waals surface area contributed by atoms with E-state index in [0.717, 1.165) is 21.9 Å². The fourth-order valence-electron chi connectivity index (χ4n) is 3.58. The lowest BCUT2D eigenvalue weighted by molar-refractivity contribution is -0.118. The van der Waals surface area contributed by atoms with Crippen LogP contribution < -0.4 is 15.5 Å². The van der Waals surface area contributed by atoms with Crippen molar-refractivity contribution in [1.82, 2.24) is 24.9 Å². The number of amides is 4. The molecule has 0 bridgehead atoms. The average Bonchev–Trinajstić information content (AvgIpc) is 3.26. The van der Waals surface area contributed by atoms with Gasteiger partial charge in [0.15, 0.2) is 0 Å². The molecule has 4 rings (SSSR count). The number of aromatic nitrogens is 4. The molecule has 1 saturated heterocycles. The van der Waals surface area contributed by atoms with Gasteiger partial charge in [0.05, 0.1) is 11.4 Å². The Morgan fingerprint density at radius 1 is 1.23 bits per heavy atom. The lowest BCUT2D eigenvalue weighted by Gasteiger charge is -2.18. The molecule has 0 aliphatic carbocycles. The molecule has 1 aliphatic rings. The quantitative estimate of drug-likeness (QED) is 0.622. The zero-order valence-corrected chi connectivity index (χ0v) is 16.8. The van der Waals surface area contributed by atoms with E-state index in [9.17, 15) is 14.4 Å². The first-order chi connectivity index (χ1) is 14.4. The predicted octanol–water partition coefficient (Wildman–Crippen LogP) is 1.76. The number of para-hydroxylation sites is 2. The standard InChI is InChI=1S/C20H21N7O3/c1-11-14(13(3)27-19(23-11)21-10-22-27)8-9-17(28)25-15-6-4-5-7-16(15)26-18(29)12(2)24-20(26)30/h4-7,10,12H,8-9H2,1-3H3,(H,24,30)(H,25,28). The van der Waals surface area contributed by atoms with E-state index in [1.54, 1.807) is 35.7 Å². The molecule has 0 saturated carbocycles. The number of hydrogen-bond donors (Lipinski definition) is 2. The lowest BCUT2D eigenvalue weighted by atomic mass is 10.1. The number of urea groups is 1. The Labute approximate surface area is 172 Å². The van der Waals surface area contributed by atoms with Crippen molar-refractivity contribution in [3.05, 3.63) is 47.5 Å². The molecular formula is C20H21N7O3. The van der Waals surface area contributed by atoms with Crippen LogP contribution in [0.25, 0.3) is 5.78 Å². The third-order valence-corrected chi connectivity index (χ3v) is 5.14. The van der Waals surface area contributed by atoms with E-state index in [0.29, 0.717) is 23.6 Å². The number of carbonyl (C=O) groups is 3. The maximum Gasteiger partial charge on any atom is 0.329 e. The molecule has 1 unspecified atom stereocenters. The van der Waals surface area contributed by atoms with Crippen LogP contribution in [0.3, 0.4) is 0 Å². The van der Waals surface area contributed by atoms with Gasteiger partial charge in [-0.05, 0) is 44.9 Å². The van der Waals surface area contributed by atoms with Crippen molar-refractivity contribution < 1.29 is 14.4 Å². The summed E-state index contributed by atoms with van der Waals surface area (Å²) in [6, 6.07) is 5.62. The highest BCUT2D eigenvalue weighted by Crippen LogP contribution is 2.28. The highest BCUT2D eigenvalue weighted by atomic mass is 16.2. The Balaban J connectivity index is 1.51. The summed E-state index contributed by atoms with van der Waals surface area (Å²) in [5.41, 5.74) is 3.36. The van der Waals surface area contributed by atoms with Crippen LogP contribution in [0.5, 0.6) is 0 Å². The molecule has 3 heterocycles. The van der Waals surface area contributed by atoms with Crippen LogP contribution in [0.2, 0.25) is 0 Å². The molecule has 10 nitrogen and oxygen atoms in total. The number of imide groups is 1. The molecule has 1 atom stereocenters. The fourth-order valence-corrected chi connectivity index (χ4v) is 3.58. The van der Waals surface area contributed by atoms with Crippen molar-refractivity contribution in [2.75, 3.05) is 10.2 Å². The molecule has 1 aromatic carbocycles. The first kappa shape index (κ1) is 19.5. The molecular weight excluding hydrogens is 386 g/mol. The van der Waals surface area contributed by atoms with Gasteiger partial charge in [-0.15, -0.1) is 0 Å². The number of aryl methyl sites for hydroxylation is 2. The predicted molar refractivity (Wildman–Crippen MR) is 109 cm³/mol. The van der Waals surface area contributed by atoms with Gasteiger partial charge in [-0.25, -0.2) is 19.2 Å². The molecule has 0 spiro atoms. The Morgan fingerprint density at radius 3 is 2.73 bits per heavy atom. The van der Waals surface area contributed by atoms with Crippen LogP contribution in [0.1, 0.15) is 30.3 Å². The molecule has 2 aromatic heterocycles. The van der Waals surface area contributed by atoms with Gasteiger partial charge < -0.3 is 10.6 Å². The summed E-state index contributed by atoms with van der Waals surface area (Å²) < 4.78 is 1.65. The first-order valence-corrected chi connectivity index (χ1v) is 9.56. The van der Waals surface area contributed by atoms with Gasteiger partial charge in [0.25, 0.3) is 11.7 Å². The van der Waals surface area contributed by atoms with Gasteiger partial charge in [0.2, 0.25) is 5.91 Å². The van der Waals surface area contributed by atoms with Gasteiger partial charge in [-0.3, -0.25) is 9.59 Å².